The number of hydrogen-bond acceptors (Lipinski definition) is 4. The number of fused-ring (bicyclic) bond motifs is 1. The minimum Gasteiger partial charge on any atom is -0.467 e. The van der Waals surface area contributed by atoms with Gasteiger partial charge in [0.1, 0.15) is 5.76 Å². The van der Waals surface area contributed by atoms with Crippen LogP contribution >= 0.6 is 11.8 Å². The molecule has 5 nitrogen and oxygen atoms in total. The number of nitrogens with zero attached hydrogens (tertiary/aromatic N) is 1. The highest BCUT2D eigenvalue weighted by Crippen LogP contribution is 2.31. The van der Waals surface area contributed by atoms with E-state index in [4.69, 9.17) is 4.42 Å². The molecule has 6 heteroatoms. The molecule has 0 saturated heterocycles. The molecule has 0 bridgehead atoms. The number of rotatable bonds is 3. The summed E-state index contributed by atoms with van der Waals surface area (Å²) in [6.07, 6.45) is 2.07. The van der Waals surface area contributed by atoms with Gasteiger partial charge in [0.25, 0.3) is 5.91 Å². The van der Waals surface area contributed by atoms with Crippen LogP contribution in [-0.2, 0) is 11.3 Å². The second-order valence-electron chi connectivity index (χ2n) is 5.10. The van der Waals surface area contributed by atoms with Crippen LogP contribution in [0.5, 0.6) is 0 Å². The van der Waals surface area contributed by atoms with Crippen LogP contribution in [0.15, 0.2) is 45.9 Å². The molecule has 3 rings (SSSR count). The number of carbonyl (C=O) groups is 2. The lowest BCUT2D eigenvalue weighted by Crippen LogP contribution is -2.26. The molecule has 0 saturated carbocycles. The molecule has 114 valence electrons. The minimum atomic E-state index is -0.109. The molecule has 1 N–H and O–H groups in total. The van der Waals surface area contributed by atoms with Gasteiger partial charge in [-0.2, -0.15) is 0 Å². The highest BCUT2D eigenvalue weighted by Gasteiger charge is 2.18. The van der Waals surface area contributed by atoms with Crippen LogP contribution in [0.4, 0.5) is 5.69 Å². The van der Waals surface area contributed by atoms with Crippen LogP contribution in [0.3, 0.4) is 0 Å². The molecule has 0 unspecified atom stereocenters. The maximum atomic E-state index is 12.5. The van der Waals surface area contributed by atoms with Gasteiger partial charge in [0.05, 0.1) is 18.5 Å². The fourth-order valence-corrected chi connectivity index (χ4v) is 3.22. The average Bonchev–Trinajstić information content (AvgIpc) is 2.93. The van der Waals surface area contributed by atoms with Gasteiger partial charge in [0.2, 0.25) is 5.91 Å². The van der Waals surface area contributed by atoms with Crippen molar-refractivity contribution >= 4 is 29.3 Å². The fourth-order valence-electron chi connectivity index (χ4n) is 2.28. The van der Waals surface area contributed by atoms with Gasteiger partial charge in [-0.1, -0.05) is 0 Å². The number of hydrogen-bond donors (Lipinski definition) is 1. The Morgan fingerprint density at radius 2 is 2.27 bits per heavy atom. The van der Waals surface area contributed by atoms with Gasteiger partial charge < -0.3 is 14.6 Å². The quantitative estimate of drug-likeness (QED) is 0.945. The Balaban J connectivity index is 1.79. The highest BCUT2D eigenvalue weighted by molar-refractivity contribution is 7.99. The molecule has 1 aliphatic heterocycles. The second kappa shape index (κ2) is 6.27. The van der Waals surface area contributed by atoms with Crippen molar-refractivity contribution in [3.63, 3.8) is 0 Å². The van der Waals surface area contributed by atoms with Crippen molar-refractivity contribution in [2.24, 2.45) is 0 Å². The third-order valence-corrected chi connectivity index (χ3v) is 4.48. The van der Waals surface area contributed by atoms with Crippen LogP contribution < -0.4 is 5.32 Å². The summed E-state index contributed by atoms with van der Waals surface area (Å²) in [5.41, 5.74) is 1.26. The summed E-state index contributed by atoms with van der Waals surface area (Å²) in [5, 5.41) is 2.85. The van der Waals surface area contributed by atoms with Gasteiger partial charge in [0.15, 0.2) is 0 Å². The lowest BCUT2D eigenvalue weighted by atomic mass is 10.1. The molecule has 0 fully saturated rings. The number of benzene rings is 1. The zero-order valence-electron chi connectivity index (χ0n) is 12.2. The van der Waals surface area contributed by atoms with Crippen LogP contribution in [0.2, 0.25) is 0 Å². The Labute approximate surface area is 132 Å². The summed E-state index contributed by atoms with van der Waals surface area (Å²) in [6, 6.07) is 9.05. The van der Waals surface area contributed by atoms with E-state index in [2.05, 4.69) is 5.32 Å². The molecule has 0 radical (unpaired) electrons. The summed E-state index contributed by atoms with van der Waals surface area (Å²) in [5.74, 6) is 1.36. The summed E-state index contributed by atoms with van der Waals surface area (Å²) in [7, 11) is 1.73. The summed E-state index contributed by atoms with van der Waals surface area (Å²) < 4.78 is 5.26. The van der Waals surface area contributed by atoms with E-state index >= 15 is 0 Å². The molecule has 1 aliphatic rings. The average molecular weight is 316 g/mol. The van der Waals surface area contributed by atoms with Gasteiger partial charge in [0, 0.05) is 29.7 Å². The van der Waals surface area contributed by atoms with E-state index in [-0.39, 0.29) is 11.8 Å². The lowest BCUT2D eigenvalue weighted by molar-refractivity contribution is -0.115. The first kappa shape index (κ1) is 14.7. The van der Waals surface area contributed by atoms with Gasteiger partial charge in [-0.25, -0.2) is 0 Å². The number of thioether (sulfide) groups is 1. The van der Waals surface area contributed by atoms with Crippen LogP contribution in [0.25, 0.3) is 0 Å². The first-order chi connectivity index (χ1) is 10.6. The van der Waals surface area contributed by atoms with Gasteiger partial charge in [-0.05, 0) is 30.3 Å². The molecular formula is C16H16N2O3S. The molecule has 0 aliphatic carbocycles. The van der Waals surface area contributed by atoms with Crippen LogP contribution in [0.1, 0.15) is 22.5 Å². The smallest absolute Gasteiger partial charge is 0.254 e. The minimum absolute atomic E-state index is 0.0141. The molecule has 1 aromatic carbocycles. The number of nitrogens with one attached hydrogen (secondary N) is 1. The first-order valence-electron chi connectivity index (χ1n) is 6.98. The monoisotopic (exact) mass is 316 g/mol. The number of furan rings is 1. The standard InChI is InChI=1S/C16H16N2O3S/c1-18(10-12-3-2-7-21-12)16(20)11-4-5-14-13(9-11)17-15(19)6-8-22-14/h2-5,7,9H,6,8,10H2,1H3,(H,17,19). The number of anilines is 1. The number of carbonyl (C=O) groups excluding carboxylic acids is 2. The normalized spacial score (nSPS) is 14.0. The lowest BCUT2D eigenvalue weighted by Gasteiger charge is -2.17. The highest BCUT2D eigenvalue weighted by atomic mass is 32.2. The Morgan fingerprint density at radius 1 is 1.41 bits per heavy atom. The van der Waals surface area contributed by atoms with Crippen molar-refractivity contribution in [1.82, 2.24) is 4.90 Å². The van der Waals surface area contributed by atoms with Gasteiger partial charge >= 0.3 is 0 Å². The van der Waals surface area contributed by atoms with E-state index in [9.17, 15) is 9.59 Å². The van der Waals surface area contributed by atoms with E-state index in [1.807, 2.05) is 12.1 Å². The topological polar surface area (TPSA) is 62.6 Å². The molecular weight excluding hydrogens is 300 g/mol. The SMILES string of the molecule is CN(Cc1ccco1)C(=O)c1ccc2c(c1)NC(=O)CCS2. The Bertz CT molecular complexity index is 697. The molecule has 1 aromatic heterocycles. The molecule has 0 atom stereocenters. The largest absolute Gasteiger partial charge is 0.467 e. The van der Waals surface area contributed by atoms with Crippen molar-refractivity contribution in [3.8, 4) is 0 Å². The molecule has 0 spiro atoms. The van der Waals surface area contributed by atoms with E-state index in [1.54, 1.807) is 48.2 Å². The molecule has 2 aromatic rings. The summed E-state index contributed by atoms with van der Waals surface area (Å²) in [4.78, 5) is 26.7. The van der Waals surface area contributed by atoms with Crippen molar-refractivity contribution in [2.45, 2.75) is 17.9 Å². The van der Waals surface area contributed by atoms with E-state index < -0.39 is 0 Å². The Kier molecular flexibility index (Phi) is 4.20. The Morgan fingerprint density at radius 3 is 3.05 bits per heavy atom. The maximum Gasteiger partial charge on any atom is 0.254 e. The van der Waals surface area contributed by atoms with Crippen molar-refractivity contribution in [2.75, 3.05) is 18.1 Å². The van der Waals surface area contributed by atoms with Crippen molar-refractivity contribution < 1.29 is 14.0 Å². The second-order valence-corrected chi connectivity index (χ2v) is 6.23. The van der Waals surface area contributed by atoms with E-state index in [1.165, 1.54) is 0 Å². The third kappa shape index (κ3) is 3.17. The van der Waals surface area contributed by atoms with E-state index in [0.29, 0.717) is 24.2 Å². The summed E-state index contributed by atoms with van der Waals surface area (Å²) in [6.45, 7) is 0.407. The van der Waals surface area contributed by atoms with Crippen LogP contribution in [-0.4, -0.2) is 29.5 Å². The van der Waals surface area contributed by atoms with E-state index in [0.717, 1.165) is 16.4 Å². The maximum absolute atomic E-state index is 12.5. The third-order valence-electron chi connectivity index (χ3n) is 3.41. The number of amides is 2. The predicted molar refractivity (Wildman–Crippen MR) is 84.9 cm³/mol. The zero-order valence-corrected chi connectivity index (χ0v) is 13.0. The Hall–Kier alpha value is -2.21. The van der Waals surface area contributed by atoms with Crippen molar-refractivity contribution in [3.05, 3.63) is 47.9 Å². The van der Waals surface area contributed by atoms with Gasteiger partial charge in [-0.15, -0.1) is 11.8 Å². The van der Waals surface area contributed by atoms with Crippen LogP contribution in [0, 0.1) is 0 Å². The molecule has 2 amide bonds. The summed E-state index contributed by atoms with van der Waals surface area (Å²) >= 11 is 1.62. The fraction of sp³-hybridized carbons (Fsp3) is 0.250. The first-order valence-corrected chi connectivity index (χ1v) is 7.96. The van der Waals surface area contributed by atoms with Crippen molar-refractivity contribution in [1.29, 1.82) is 0 Å². The zero-order chi connectivity index (χ0) is 15.5. The molecule has 22 heavy (non-hydrogen) atoms. The predicted octanol–water partition coefficient (Wildman–Crippen LogP) is 2.99. The molecule has 2 heterocycles. The van der Waals surface area contributed by atoms with Gasteiger partial charge in [-0.3, -0.25) is 9.59 Å².